The summed E-state index contributed by atoms with van der Waals surface area (Å²) in [6, 6.07) is 16.9. The van der Waals surface area contributed by atoms with E-state index in [-0.39, 0.29) is 0 Å². The minimum Gasteiger partial charge on any atom is -0.355 e. The fourth-order valence-electron chi connectivity index (χ4n) is 3.86. The Bertz CT molecular complexity index is 954. The van der Waals surface area contributed by atoms with Crippen molar-refractivity contribution in [1.82, 2.24) is 15.3 Å². The third-order valence-corrected chi connectivity index (χ3v) is 5.55. The van der Waals surface area contributed by atoms with Gasteiger partial charge in [-0.05, 0) is 43.0 Å². The van der Waals surface area contributed by atoms with E-state index in [1.807, 2.05) is 13.1 Å². The monoisotopic (exact) mass is 387 g/mol. The van der Waals surface area contributed by atoms with Crippen LogP contribution in [-0.2, 0) is 12.8 Å². The van der Waals surface area contributed by atoms with Crippen molar-refractivity contribution in [3.8, 4) is 11.3 Å². The maximum atomic E-state index is 8.44. The second-order valence-corrected chi connectivity index (χ2v) is 7.54. The van der Waals surface area contributed by atoms with Gasteiger partial charge in [-0.15, -0.1) is 0 Å². The number of aromatic amines is 1. The fraction of sp³-hybridized carbons (Fsp3) is 0.333. The van der Waals surface area contributed by atoms with Crippen molar-refractivity contribution in [3.63, 3.8) is 0 Å². The third kappa shape index (κ3) is 4.57. The predicted molar refractivity (Wildman–Crippen MR) is 120 cm³/mol. The van der Waals surface area contributed by atoms with E-state index < -0.39 is 0 Å². The van der Waals surface area contributed by atoms with E-state index in [0.717, 1.165) is 73.8 Å². The summed E-state index contributed by atoms with van der Waals surface area (Å²) < 4.78 is 0. The third-order valence-electron chi connectivity index (χ3n) is 5.55. The molecule has 0 bridgehead atoms. The van der Waals surface area contributed by atoms with E-state index in [1.54, 1.807) is 0 Å². The molecular formula is C24H29N5. The Balaban J connectivity index is 1.59. The van der Waals surface area contributed by atoms with Gasteiger partial charge in [0.05, 0.1) is 0 Å². The van der Waals surface area contributed by atoms with Crippen LogP contribution in [0.1, 0.15) is 30.2 Å². The minimum absolute atomic E-state index is 0.680. The first-order valence-electron chi connectivity index (χ1n) is 10.5. The number of pyridine rings is 1. The minimum atomic E-state index is 0.680. The lowest BCUT2D eigenvalue weighted by molar-refractivity contribution is 0.585. The Labute approximate surface area is 172 Å². The highest BCUT2D eigenvalue weighted by Crippen LogP contribution is 2.29. The van der Waals surface area contributed by atoms with Crippen LogP contribution in [0.25, 0.3) is 11.3 Å². The van der Waals surface area contributed by atoms with Gasteiger partial charge in [0, 0.05) is 60.6 Å². The largest absolute Gasteiger partial charge is 0.355 e. The van der Waals surface area contributed by atoms with Gasteiger partial charge in [-0.1, -0.05) is 37.3 Å². The summed E-state index contributed by atoms with van der Waals surface area (Å²) in [5, 5.41) is 11.8. The number of nitrogens with one attached hydrogen (secondary N) is 3. The van der Waals surface area contributed by atoms with Crippen molar-refractivity contribution < 1.29 is 0 Å². The van der Waals surface area contributed by atoms with Crippen molar-refractivity contribution in [3.05, 3.63) is 71.5 Å². The van der Waals surface area contributed by atoms with Crippen LogP contribution in [-0.4, -0.2) is 41.9 Å². The lowest BCUT2D eigenvalue weighted by Crippen LogP contribution is -2.44. The SMILES string of the molecule is CCC(=N)c1cc(-c2ccnc(CCc3ccccc3)c2)[nH]c1N1CCNCC1. The number of piperazine rings is 1. The van der Waals surface area contributed by atoms with Crippen molar-refractivity contribution >= 4 is 11.5 Å². The molecule has 0 radical (unpaired) electrons. The standard InChI is InChI=1S/C24H29N5/c1-2-22(25)21-17-23(28-24(21)29-14-12-26-13-15-29)19-10-11-27-20(16-19)9-8-18-6-4-3-5-7-18/h3-7,10-11,16-17,25-26,28H,2,8-9,12-15H2,1H3. The van der Waals surface area contributed by atoms with Crippen molar-refractivity contribution in [2.24, 2.45) is 0 Å². The second kappa shape index (κ2) is 9.05. The van der Waals surface area contributed by atoms with Gasteiger partial charge in [0.1, 0.15) is 5.82 Å². The Hall–Kier alpha value is -2.92. The summed E-state index contributed by atoms with van der Waals surface area (Å²) >= 11 is 0. The highest BCUT2D eigenvalue weighted by molar-refractivity contribution is 6.03. The average molecular weight is 388 g/mol. The normalized spacial score (nSPS) is 14.2. The van der Waals surface area contributed by atoms with Crippen LogP contribution in [0.2, 0.25) is 0 Å². The van der Waals surface area contributed by atoms with Crippen LogP contribution in [0.5, 0.6) is 0 Å². The first-order valence-corrected chi connectivity index (χ1v) is 10.5. The molecule has 0 saturated carbocycles. The first-order chi connectivity index (χ1) is 14.2. The molecule has 1 aliphatic heterocycles. The summed E-state index contributed by atoms with van der Waals surface area (Å²) in [5.41, 5.74) is 6.33. The zero-order valence-electron chi connectivity index (χ0n) is 17.0. The number of aryl methyl sites for hydroxylation is 2. The zero-order valence-corrected chi connectivity index (χ0v) is 17.0. The molecule has 3 aromatic rings. The van der Waals surface area contributed by atoms with Gasteiger partial charge in [-0.2, -0.15) is 0 Å². The van der Waals surface area contributed by atoms with E-state index in [1.165, 1.54) is 5.56 Å². The van der Waals surface area contributed by atoms with Gasteiger partial charge in [0.25, 0.3) is 0 Å². The predicted octanol–water partition coefficient (Wildman–Crippen LogP) is 4.05. The molecule has 0 atom stereocenters. The number of benzene rings is 1. The lowest BCUT2D eigenvalue weighted by Gasteiger charge is -2.29. The second-order valence-electron chi connectivity index (χ2n) is 7.54. The van der Waals surface area contributed by atoms with Crippen LogP contribution in [0.4, 0.5) is 5.82 Å². The molecule has 0 aliphatic carbocycles. The zero-order chi connectivity index (χ0) is 20.1. The molecule has 0 amide bonds. The number of aromatic nitrogens is 2. The molecule has 1 fully saturated rings. The van der Waals surface area contributed by atoms with E-state index in [4.69, 9.17) is 5.41 Å². The maximum Gasteiger partial charge on any atom is 0.115 e. The van der Waals surface area contributed by atoms with E-state index in [0.29, 0.717) is 5.71 Å². The van der Waals surface area contributed by atoms with Crippen molar-refractivity contribution in [2.75, 3.05) is 31.1 Å². The van der Waals surface area contributed by atoms with Crippen LogP contribution >= 0.6 is 0 Å². The smallest absolute Gasteiger partial charge is 0.115 e. The molecule has 1 aromatic carbocycles. The molecular weight excluding hydrogens is 358 g/mol. The summed E-state index contributed by atoms with van der Waals surface area (Å²) in [6.07, 6.45) is 4.53. The quantitative estimate of drug-likeness (QED) is 0.536. The number of rotatable bonds is 7. The van der Waals surface area contributed by atoms with Gasteiger partial charge in [-0.3, -0.25) is 4.98 Å². The van der Waals surface area contributed by atoms with Crippen LogP contribution in [0.3, 0.4) is 0 Å². The molecule has 5 heteroatoms. The van der Waals surface area contributed by atoms with E-state index >= 15 is 0 Å². The highest BCUT2D eigenvalue weighted by Gasteiger charge is 2.20. The van der Waals surface area contributed by atoms with Gasteiger partial charge in [-0.25, -0.2) is 0 Å². The summed E-state index contributed by atoms with van der Waals surface area (Å²) in [4.78, 5) is 10.5. The summed E-state index contributed by atoms with van der Waals surface area (Å²) in [5.74, 6) is 1.08. The van der Waals surface area contributed by atoms with Crippen LogP contribution in [0.15, 0.2) is 54.7 Å². The molecule has 5 nitrogen and oxygen atoms in total. The average Bonchev–Trinajstić information content (AvgIpc) is 3.24. The van der Waals surface area contributed by atoms with Gasteiger partial charge in [0.15, 0.2) is 0 Å². The maximum absolute atomic E-state index is 8.44. The number of H-pyrrole nitrogens is 1. The summed E-state index contributed by atoms with van der Waals surface area (Å²) in [7, 11) is 0. The highest BCUT2D eigenvalue weighted by atomic mass is 15.2. The number of hydrogen-bond acceptors (Lipinski definition) is 4. The Morgan fingerprint density at radius 1 is 1.07 bits per heavy atom. The Morgan fingerprint density at radius 3 is 2.62 bits per heavy atom. The lowest BCUT2D eigenvalue weighted by atomic mass is 10.1. The number of hydrogen-bond donors (Lipinski definition) is 3. The number of anilines is 1. The molecule has 150 valence electrons. The molecule has 3 N–H and O–H groups in total. The Kier molecular flexibility index (Phi) is 6.06. The topological polar surface area (TPSA) is 67.8 Å². The fourth-order valence-corrected chi connectivity index (χ4v) is 3.86. The molecule has 0 unspecified atom stereocenters. The molecule has 1 saturated heterocycles. The van der Waals surface area contributed by atoms with E-state index in [2.05, 4.69) is 68.7 Å². The van der Waals surface area contributed by atoms with Crippen LogP contribution < -0.4 is 10.2 Å². The van der Waals surface area contributed by atoms with Crippen molar-refractivity contribution in [1.29, 1.82) is 5.41 Å². The molecule has 29 heavy (non-hydrogen) atoms. The first kappa shape index (κ1) is 19.4. The number of nitrogens with zero attached hydrogens (tertiary/aromatic N) is 2. The van der Waals surface area contributed by atoms with E-state index in [9.17, 15) is 0 Å². The molecule has 2 aromatic heterocycles. The molecule has 1 aliphatic rings. The van der Waals surface area contributed by atoms with Gasteiger partial charge in [0.2, 0.25) is 0 Å². The summed E-state index contributed by atoms with van der Waals surface area (Å²) in [6.45, 7) is 5.92. The van der Waals surface area contributed by atoms with Crippen LogP contribution in [0, 0.1) is 5.41 Å². The Morgan fingerprint density at radius 2 is 1.86 bits per heavy atom. The van der Waals surface area contributed by atoms with Crippen molar-refractivity contribution in [2.45, 2.75) is 26.2 Å². The van der Waals surface area contributed by atoms with Gasteiger partial charge < -0.3 is 20.6 Å². The van der Waals surface area contributed by atoms with Gasteiger partial charge >= 0.3 is 0 Å². The molecule has 0 spiro atoms. The molecule has 4 rings (SSSR count). The molecule has 3 heterocycles.